The monoisotopic (exact) mass is 184 g/mol. The Hall–Kier alpha value is -0.0800. The van der Waals surface area contributed by atoms with Crippen molar-refractivity contribution in [3.05, 3.63) is 0 Å². The van der Waals surface area contributed by atoms with Crippen LogP contribution >= 0.6 is 0 Å². The number of likely N-dealkylation sites (tertiary alicyclic amines) is 1. The van der Waals surface area contributed by atoms with Gasteiger partial charge in [0.25, 0.3) is 0 Å². The molecule has 2 N–H and O–H groups in total. The van der Waals surface area contributed by atoms with Crippen LogP contribution in [-0.2, 0) is 0 Å². The second kappa shape index (κ2) is 4.97. The molecule has 0 amide bonds. The Bertz CT molecular complexity index is 145. The lowest BCUT2D eigenvalue weighted by molar-refractivity contribution is 0.146. The topological polar surface area (TPSA) is 29.3 Å². The third kappa shape index (κ3) is 2.68. The van der Waals surface area contributed by atoms with Crippen molar-refractivity contribution in [1.82, 2.24) is 4.90 Å². The molecule has 1 rings (SSSR count). The number of hydrogen-bond acceptors (Lipinski definition) is 2. The van der Waals surface area contributed by atoms with Gasteiger partial charge in [-0.1, -0.05) is 20.3 Å². The maximum absolute atomic E-state index is 5.84. The summed E-state index contributed by atoms with van der Waals surface area (Å²) in [5.41, 5.74) is 5.84. The van der Waals surface area contributed by atoms with Crippen LogP contribution in [0.2, 0.25) is 0 Å². The summed E-state index contributed by atoms with van der Waals surface area (Å²) < 4.78 is 0. The molecule has 1 saturated heterocycles. The molecule has 0 aromatic carbocycles. The van der Waals surface area contributed by atoms with Gasteiger partial charge >= 0.3 is 0 Å². The van der Waals surface area contributed by atoms with Gasteiger partial charge in [0.2, 0.25) is 0 Å². The van der Waals surface area contributed by atoms with E-state index in [9.17, 15) is 0 Å². The minimum Gasteiger partial charge on any atom is -0.330 e. The molecule has 1 aliphatic heterocycles. The molecular weight excluding hydrogens is 160 g/mol. The molecule has 1 aliphatic rings. The molecule has 0 saturated carbocycles. The second-order valence-corrected chi connectivity index (χ2v) is 4.71. The second-order valence-electron chi connectivity index (χ2n) is 4.71. The first-order valence-electron chi connectivity index (χ1n) is 5.57. The lowest BCUT2D eigenvalue weighted by atomic mass is 9.87. The Morgan fingerprint density at radius 1 is 1.38 bits per heavy atom. The molecule has 1 heterocycles. The third-order valence-electron chi connectivity index (χ3n) is 3.31. The molecular formula is C11H24N2. The van der Waals surface area contributed by atoms with Crippen molar-refractivity contribution in [2.24, 2.45) is 17.6 Å². The summed E-state index contributed by atoms with van der Waals surface area (Å²) in [7, 11) is 2.25. The van der Waals surface area contributed by atoms with Crippen molar-refractivity contribution >= 4 is 0 Å². The molecule has 2 nitrogen and oxygen atoms in total. The first kappa shape index (κ1) is 11.0. The fourth-order valence-electron chi connectivity index (χ4n) is 2.76. The van der Waals surface area contributed by atoms with Gasteiger partial charge in [0.1, 0.15) is 0 Å². The smallest absolute Gasteiger partial charge is 0.0155 e. The van der Waals surface area contributed by atoms with Gasteiger partial charge in [-0.25, -0.2) is 0 Å². The van der Waals surface area contributed by atoms with Crippen molar-refractivity contribution in [1.29, 1.82) is 0 Å². The predicted octanol–water partition coefficient (Wildman–Crippen LogP) is 1.70. The van der Waals surface area contributed by atoms with E-state index in [1.54, 1.807) is 0 Å². The summed E-state index contributed by atoms with van der Waals surface area (Å²) in [4.78, 5) is 2.51. The Labute approximate surface area is 82.5 Å². The van der Waals surface area contributed by atoms with Crippen molar-refractivity contribution in [2.75, 3.05) is 20.1 Å². The number of nitrogens with zero attached hydrogens (tertiary/aromatic N) is 1. The van der Waals surface area contributed by atoms with Crippen molar-refractivity contribution in [2.45, 2.75) is 39.2 Å². The lowest BCUT2D eigenvalue weighted by Crippen LogP contribution is -2.43. The molecule has 2 atom stereocenters. The van der Waals surface area contributed by atoms with Crippen LogP contribution in [0.3, 0.4) is 0 Å². The molecule has 2 heteroatoms. The van der Waals surface area contributed by atoms with Gasteiger partial charge in [-0.3, -0.25) is 0 Å². The van der Waals surface area contributed by atoms with Gasteiger partial charge in [-0.15, -0.1) is 0 Å². The van der Waals surface area contributed by atoms with Crippen molar-refractivity contribution in [3.8, 4) is 0 Å². The molecule has 0 aromatic rings. The Morgan fingerprint density at radius 2 is 2.08 bits per heavy atom. The minimum absolute atomic E-state index is 0.701. The first-order valence-corrected chi connectivity index (χ1v) is 5.57. The van der Waals surface area contributed by atoms with Crippen LogP contribution in [-0.4, -0.2) is 31.1 Å². The van der Waals surface area contributed by atoms with Crippen LogP contribution in [0.15, 0.2) is 0 Å². The fourth-order valence-corrected chi connectivity index (χ4v) is 2.76. The van der Waals surface area contributed by atoms with E-state index in [0.29, 0.717) is 12.0 Å². The maximum Gasteiger partial charge on any atom is 0.0155 e. The van der Waals surface area contributed by atoms with E-state index in [1.165, 1.54) is 25.8 Å². The summed E-state index contributed by atoms with van der Waals surface area (Å²) in [6.45, 7) is 6.73. The van der Waals surface area contributed by atoms with E-state index < -0.39 is 0 Å². The number of hydrogen-bond donors (Lipinski definition) is 1. The zero-order valence-electron chi connectivity index (χ0n) is 9.29. The minimum atomic E-state index is 0.701. The van der Waals surface area contributed by atoms with Crippen molar-refractivity contribution < 1.29 is 0 Å². The van der Waals surface area contributed by atoms with E-state index in [4.69, 9.17) is 5.73 Å². The molecule has 0 unspecified atom stereocenters. The van der Waals surface area contributed by atoms with Gasteiger partial charge in [-0.2, -0.15) is 0 Å². The average Bonchev–Trinajstić information content (AvgIpc) is 2.26. The molecule has 13 heavy (non-hydrogen) atoms. The SMILES string of the molecule is CC(C)[C@@H]1[C@@H](CN)CCCCN1C. The predicted molar refractivity (Wildman–Crippen MR) is 57.7 cm³/mol. The first-order chi connectivity index (χ1) is 6.16. The van der Waals surface area contributed by atoms with Crippen LogP contribution in [0, 0.1) is 11.8 Å². The van der Waals surface area contributed by atoms with Crippen LogP contribution in [0.1, 0.15) is 33.1 Å². The van der Waals surface area contributed by atoms with Gasteiger partial charge in [0.15, 0.2) is 0 Å². The largest absolute Gasteiger partial charge is 0.330 e. The Morgan fingerprint density at radius 3 is 2.62 bits per heavy atom. The summed E-state index contributed by atoms with van der Waals surface area (Å²) in [6, 6.07) is 0.701. The van der Waals surface area contributed by atoms with Gasteiger partial charge < -0.3 is 10.6 Å². The highest BCUT2D eigenvalue weighted by atomic mass is 15.1. The standard InChI is InChI=1S/C11H24N2/c1-9(2)11-10(8-12)6-4-5-7-13(11)3/h9-11H,4-8,12H2,1-3H3/t10-,11-/m1/s1. The highest BCUT2D eigenvalue weighted by Gasteiger charge is 2.28. The van der Waals surface area contributed by atoms with Crippen LogP contribution < -0.4 is 5.73 Å². The third-order valence-corrected chi connectivity index (χ3v) is 3.31. The summed E-state index contributed by atoms with van der Waals surface area (Å²) in [5, 5.41) is 0. The van der Waals surface area contributed by atoms with Crippen LogP contribution in [0.5, 0.6) is 0 Å². The summed E-state index contributed by atoms with van der Waals surface area (Å²) in [6.07, 6.45) is 4.02. The highest BCUT2D eigenvalue weighted by molar-refractivity contribution is 4.83. The number of rotatable bonds is 2. The molecule has 0 aromatic heterocycles. The highest BCUT2D eigenvalue weighted by Crippen LogP contribution is 2.26. The van der Waals surface area contributed by atoms with Gasteiger partial charge in [-0.05, 0) is 44.8 Å². The van der Waals surface area contributed by atoms with E-state index in [1.807, 2.05) is 0 Å². The molecule has 0 bridgehead atoms. The van der Waals surface area contributed by atoms with Crippen LogP contribution in [0.4, 0.5) is 0 Å². The van der Waals surface area contributed by atoms with Gasteiger partial charge in [0.05, 0.1) is 0 Å². The quantitative estimate of drug-likeness (QED) is 0.708. The lowest BCUT2D eigenvalue weighted by Gasteiger charge is -2.34. The molecule has 78 valence electrons. The summed E-state index contributed by atoms with van der Waals surface area (Å²) in [5.74, 6) is 1.45. The Balaban J connectivity index is 2.66. The zero-order valence-corrected chi connectivity index (χ0v) is 9.29. The van der Waals surface area contributed by atoms with E-state index in [2.05, 4.69) is 25.8 Å². The molecule has 0 aliphatic carbocycles. The average molecular weight is 184 g/mol. The van der Waals surface area contributed by atoms with Crippen molar-refractivity contribution in [3.63, 3.8) is 0 Å². The van der Waals surface area contributed by atoms with E-state index in [0.717, 1.165) is 12.5 Å². The fraction of sp³-hybridized carbons (Fsp3) is 1.00. The summed E-state index contributed by atoms with van der Waals surface area (Å²) >= 11 is 0. The maximum atomic E-state index is 5.84. The normalized spacial score (nSPS) is 32.1. The molecule has 1 fully saturated rings. The van der Waals surface area contributed by atoms with Crippen LogP contribution in [0.25, 0.3) is 0 Å². The molecule has 0 spiro atoms. The van der Waals surface area contributed by atoms with E-state index >= 15 is 0 Å². The zero-order chi connectivity index (χ0) is 9.84. The van der Waals surface area contributed by atoms with E-state index in [-0.39, 0.29) is 0 Å². The molecule has 0 radical (unpaired) electrons. The Kier molecular flexibility index (Phi) is 4.20. The van der Waals surface area contributed by atoms with Gasteiger partial charge in [0, 0.05) is 6.04 Å². The number of nitrogens with two attached hydrogens (primary N) is 1.